The lowest BCUT2D eigenvalue weighted by molar-refractivity contribution is -0.139. The quantitative estimate of drug-likeness (QED) is 0.202. The number of fused-ring (bicyclic) bond motifs is 9. The number of nitrogens with zero attached hydrogens (tertiary/aromatic N) is 1. The Morgan fingerprint density at radius 2 is 1.33 bits per heavy atom. The first-order valence-corrected chi connectivity index (χ1v) is 15.5. The summed E-state index contributed by atoms with van der Waals surface area (Å²) in [5, 5.41) is 2.00. The van der Waals surface area contributed by atoms with E-state index in [1.807, 2.05) is 83.8 Å². The molecule has 0 fully saturated rings. The van der Waals surface area contributed by atoms with Gasteiger partial charge in [-0.3, -0.25) is 0 Å². The molecule has 9 heteroatoms. The number of methoxy groups -OCH3 is 2. The minimum atomic E-state index is -1.25. The second-order valence-electron chi connectivity index (χ2n) is 10.8. The SMILES string of the molecule is COC(=O)C1=C(C(=O)OC)C2(c3cc(Cl)ccc3-c3ccc(Cl)cc32)C2C=C(/C=C/c3ccc(Cl)cc3Cl)c3ccccc3N12. The van der Waals surface area contributed by atoms with Crippen LogP contribution in [0.2, 0.25) is 20.1 Å². The molecule has 7 rings (SSSR count). The van der Waals surface area contributed by atoms with Crippen LogP contribution in [0, 0.1) is 0 Å². The van der Waals surface area contributed by atoms with Gasteiger partial charge in [0.2, 0.25) is 0 Å². The maximum atomic E-state index is 14.1. The number of para-hydroxylation sites is 1. The summed E-state index contributed by atoms with van der Waals surface area (Å²) in [4.78, 5) is 29.8. The number of benzene rings is 4. The standard InChI is InChI=1S/C36H23Cl4NO4/c1-44-34(42)32-33(35(43)45-2)41-30-6-4-3-5-24(30)20(8-7-19-9-10-23(39)18-29(19)40)15-31(41)36(32)27-16-21(37)11-13-25(27)26-14-12-22(38)17-28(26)36/h3-18,31H,1-2H3/b8-7+. The Balaban J connectivity index is 1.59. The maximum absolute atomic E-state index is 14.1. The zero-order chi connectivity index (χ0) is 31.6. The number of hydrogen-bond acceptors (Lipinski definition) is 5. The Hall–Kier alpha value is -4.00. The Labute approximate surface area is 279 Å². The van der Waals surface area contributed by atoms with Crippen molar-refractivity contribution in [1.29, 1.82) is 0 Å². The van der Waals surface area contributed by atoms with Gasteiger partial charge in [-0.15, -0.1) is 0 Å². The van der Waals surface area contributed by atoms with Crippen LogP contribution in [-0.2, 0) is 24.5 Å². The fourth-order valence-corrected chi connectivity index (χ4v) is 7.77. The molecule has 45 heavy (non-hydrogen) atoms. The molecule has 0 bridgehead atoms. The molecular formula is C36H23Cl4NO4. The van der Waals surface area contributed by atoms with Crippen LogP contribution >= 0.6 is 46.4 Å². The van der Waals surface area contributed by atoms with Crippen LogP contribution in [0.15, 0.2) is 102 Å². The summed E-state index contributed by atoms with van der Waals surface area (Å²) in [5.41, 5.74) is 5.41. The number of rotatable bonds is 4. The Bertz CT molecular complexity index is 2000. The van der Waals surface area contributed by atoms with E-state index in [4.69, 9.17) is 55.9 Å². The summed E-state index contributed by atoms with van der Waals surface area (Å²) in [5.74, 6) is -1.34. The number of ether oxygens (including phenoxy) is 2. The molecule has 0 saturated carbocycles. The molecule has 5 nitrogen and oxygen atoms in total. The van der Waals surface area contributed by atoms with Crippen LogP contribution in [0.1, 0.15) is 22.3 Å². The molecule has 1 aliphatic carbocycles. The minimum Gasteiger partial charge on any atom is -0.466 e. The minimum absolute atomic E-state index is 0.0839. The summed E-state index contributed by atoms with van der Waals surface area (Å²) in [6.07, 6.45) is 5.95. The number of halogens is 4. The van der Waals surface area contributed by atoms with Crippen LogP contribution in [0.25, 0.3) is 22.8 Å². The first-order valence-electron chi connectivity index (χ1n) is 14.0. The van der Waals surface area contributed by atoms with Gasteiger partial charge in [0.05, 0.1) is 31.2 Å². The fourth-order valence-electron chi connectivity index (χ4n) is 6.95. The van der Waals surface area contributed by atoms with Gasteiger partial charge in [0, 0.05) is 31.3 Å². The van der Waals surface area contributed by atoms with Gasteiger partial charge in [0.25, 0.3) is 0 Å². The molecule has 1 atom stereocenters. The molecule has 1 unspecified atom stereocenters. The second-order valence-corrected chi connectivity index (χ2v) is 12.6. The van der Waals surface area contributed by atoms with E-state index in [2.05, 4.69) is 6.08 Å². The van der Waals surface area contributed by atoms with Crippen LogP contribution in [0.5, 0.6) is 0 Å². The highest BCUT2D eigenvalue weighted by molar-refractivity contribution is 6.35. The summed E-state index contributed by atoms with van der Waals surface area (Å²) in [6.45, 7) is 0. The second kappa shape index (κ2) is 11.1. The van der Waals surface area contributed by atoms with Gasteiger partial charge in [-0.1, -0.05) is 101 Å². The maximum Gasteiger partial charge on any atom is 0.355 e. The van der Waals surface area contributed by atoms with Crippen molar-refractivity contribution >= 4 is 75.7 Å². The average molecular weight is 675 g/mol. The van der Waals surface area contributed by atoms with E-state index in [1.165, 1.54) is 14.2 Å². The predicted octanol–water partition coefficient (Wildman–Crippen LogP) is 9.17. The average Bonchev–Trinajstić information content (AvgIpc) is 3.49. The lowest BCUT2D eigenvalue weighted by Crippen LogP contribution is -2.46. The van der Waals surface area contributed by atoms with Crippen molar-refractivity contribution in [3.8, 4) is 11.1 Å². The van der Waals surface area contributed by atoms with Crippen molar-refractivity contribution in [2.75, 3.05) is 19.1 Å². The number of carbonyl (C=O) groups is 2. The van der Waals surface area contributed by atoms with E-state index in [9.17, 15) is 9.59 Å². The van der Waals surface area contributed by atoms with Gasteiger partial charge in [-0.25, -0.2) is 9.59 Å². The predicted molar refractivity (Wildman–Crippen MR) is 180 cm³/mol. The van der Waals surface area contributed by atoms with Crippen molar-refractivity contribution in [3.05, 3.63) is 145 Å². The molecule has 4 aromatic rings. The largest absolute Gasteiger partial charge is 0.466 e. The molecule has 224 valence electrons. The lowest BCUT2D eigenvalue weighted by atomic mass is 9.67. The van der Waals surface area contributed by atoms with Crippen molar-refractivity contribution in [2.24, 2.45) is 0 Å². The van der Waals surface area contributed by atoms with E-state index < -0.39 is 23.4 Å². The Morgan fingerprint density at radius 3 is 1.96 bits per heavy atom. The number of allylic oxidation sites excluding steroid dienone is 2. The van der Waals surface area contributed by atoms with Crippen molar-refractivity contribution in [1.82, 2.24) is 0 Å². The van der Waals surface area contributed by atoms with Crippen LogP contribution in [-0.4, -0.2) is 32.2 Å². The van der Waals surface area contributed by atoms with Crippen LogP contribution < -0.4 is 4.90 Å². The fraction of sp³-hybridized carbons (Fsp3) is 0.111. The van der Waals surface area contributed by atoms with Crippen molar-refractivity contribution in [2.45, 2.75) is 11.5 Å². The van der Waals surface area contributed by atoms with Crippen molar-refractivity contribution < 1.29 is 19.1 Å². The molecule has 4 aromatic carbocycles. The van der Waals surface area contributed by atoms with Gasteiger partial charge in [-0.2, -0.15) is 0 Å². The van der Waals surface area contributed by atoms with E-state index >= 15 is 0 Å². The Kier molecular flexibility index (Phi) is 7.33. The van der Waals surface area contributed by atoms with E-state index in [0.29, 0.717) is 25.8 Å². The molecular weight excluding hydrogens is 652 g/mol. The van der Waals surface area contributed by atoms with E-state index in [1.54, 1.807) is 12.1 Å². The summed E-state index contributed by atoms with van der Waals surface area (Å²) in [6, 6.07) is 23.6. The normalized spacial score (nSPS) is 17.2. The number of carbonyl (C=O) groups excluding carboxylic acids is 2. The lowest BCUT2D eigenvalue weighted by Gasteiger charge is -2.41. The zero-order valence-electron chi connectivity index (χ0n) is 23.9. The molecule has 2 aliphatic heterocycles. The molecule has 0 aromatic heterocycles. The number of hydrogen-bond donors (Lipinski definition) is 0. The van der Waals surface area contributed by atoms with Gasteiger partial charge in [0.15, 0.2) is 0 Å². The van der Waals surface area contributed by atoms with E-state index in [0.717, 1.165) is 39.0 Å². The smallest absolute Gasteiger partial charge is 0.355 e. The first-order chi connectivity index (χ1) is 21.7. The third kappa shape index (κ3) is 4.37. The highest BCUT2D eigenvalue weighted by atomic mass is 35.5. The highest BCUT2D eigenvalue weighted by Crippen LogP contribution is 2.63. The van der Waals surface area contributed by atoms with Crippen LogP contribution in [0.4, 0.5) is 5.69 Å². The molecule has 0 N–H and O–H groups in total. The molecule has 0 saturated heterocycles. The van der Waals surface area contributed by atoms with Crippen molar-refractivity contribution in [3.63, 3.8) is 0 Å². The van der Waals surface area contributed by atoms with Gasteiger partial charge < -0.3 is 14.4 Å². The number of anilines is 1. The monoisotopic (exact) mass is 673 g/mol. The Morgan fingerprint density at radius 1 is 0.733 bits per heavy atom. The first kappa shape index (κ1) is 29.7. The van der Waals surface area contributed by atoms with Gasteiger partial charge in [0.1, 0.15) is 5.70 Å². The summed E-state index contributed by atoms with van der Waals surface area (Å²) in [7, 11) is 2.60. The molecule has 0 amide bonds. The summed E-state index contributed by atoms with van der Waals surface area (Å²) >= 11 is 26.0. The summed E-state index contributed by atoms with van der Waals surface area (Å²) < 4.78 is 10.8. The molecule has 1 spiro atoms. The van der Waals surface area contributed by atoms with Gasteiger partial charge in [-0.05, 0) is 75.9 Å². The van der Waals surface area contributed by atoms with Gasteiger partial charge >= 0.3 is 11.9 Å². The van der Waals surface area contributed by atoms with Crippen LogP contribution in [0.3, 0.4) is 0 Å². The third-order valence-corrected chi connectivity index (χ3v) is 9.71. The third-order valence-electron chi connectivity index (χ3n) is 8.68. The topological polar surface area (TPSA) is 55.8 Å². The molecule has 2 heterocycles. The zero-order valence-corrected chi connectivity index (χ0v) is 26.9. The number of esters is 2. The molecule has 0 radical (unpaired) electrons. The molecule has 3 aliphatic rings. The highest BCUT2D eigenvalue weighted by Gasteiger charge is 2.63. The van der Waals surface area contributed by atoms with E-state index in [-0.39, 0.29) is 11.3 Å².